The number of sulfone groups is 1. The van der Waals surface area contributed by atoms with Gasteiger partial charge in [-0.1, -0.05) is 6.42 Å². The fraction of sp³-hybridized carbons (Fsp3) is 0.917. The first-order valence-corrected chi connectivity index (χ1v) is 8.17. The smallest absolute Gasteiger partial charge is 0.160 e. The van der Waals surface area contributed by atoms with Gasteiger partial charge in [-0.2, -0.15) is 0 Å². The zero-order valence-electron chi connectivity index (χ0n) is 10.1. The zero-order chi connectivity index (χ0) is 12.3. The van der Waals surface area contributed by atoms with E-state index in [0.717, 1.165) is 25.9 Å². The minimum Gasteiger partial charge on any atom is -0.378 e. The molecule has 0 aromatic heterocycles. The van der Waals surface area contributed by atoms with Gasteiger partial charge in [-0.25, -0.2) is 8.42 Å². The Kier molecular flexibility index (Phi) is 4.20. The third kappa shape index (κ3) is 3.28. The summed E-state index contributed by atoms with van der Waals surface area (Å²) < 4.78 is 29.0. The predicted octanol–water partition coefficient (Wildman–Crippen LogP) is 1.48. The Bertz CT molecular complexity index is 368. The van der Waals surface area contributed by atoms with Crippen molar-refractivity contribution in [2.24, 2.45) is 0 Å². The highest BCUT2D eigenvalue weighted by atomic mass is 32.2. The number of rotatable bonds is 4. The Labute approximate surface area is 103 Å². The van der Waals surface area contributed by atoms with Crippen LogP contribution >= 0.6 is 0 Å². The van der Waals surface area contributed by atoms with Crippen LogP contribution < -0.4 is 0 Å². The van der Waals surface area contributed by atoms with Crippen LogP contribution in [-0.4, -0.2) is 37.9 Å². The first-order valence-electron chi connectivity index (χ1n) is 6.45. The van der Waals surface area contributed by atoms with Gasteiger partial charge in [0.25, 0.3) is 0 Å². The summed E-state index contributed by atoms with van der Waals surface area (Å²) in [5.41, 5.74) is 0. The maximum Gasteiger partial charge on any atom is 0.160 e. The Morgan fingerprint density at radius 1 is 1.18 bits per heavy atom. The van der Waals surface area contributed by atoms with Crippen LogP contribution in [0, 0.1) is 0 Å². The van der Waals surface area contributed by atoms with Crippen LogP contribution in [0.3, 0.4) is 0 Å². The lowest BCUT2D eigenvalue weighted by atomic mass is 10.0. The molecule has 2 rings (SSSR count). The average molecular weight is 260 g/mol. The zero-order valence-corrected chi connectivity index (χ0v) is 10.9. The van der Waals surface area contributed by atoms with Crippen LogP contribution in [-0.2, 0) is 19.4 Å². The molecule has 5 heteroatoms. The quantitative estimate of drug-likeness (QED) is 0.768. The van der Waals surface area contributed by atoms with Crippen LogP contribution in [0.5, 0.6) is 0 Å². The van der Waals surface area contributed by atoms with E-state index in [4.69, 9.17) is 4.74 Å². The van der Waals surface area contributed by atoms with Gasteiger partial charge >= 0.3 is 0 Å². The maximum absolute atomic E-state index is 11.9. The van der Waals surface area contributed by atoms with Crippen molar-refractivity contribution in [3.8, 4) is 0 Å². The van der Waals surface area contributed by atoms with Gasteiger partial charge < -0.3 is 4.74 Å². The van der Waals surface area contributed by atoms with Crippen molar-refractivity contribution in [2.45, 2.75) is 56.3 Å². The molecule has 0 aromatic carbocycles. The molecule has 0 bridgehead atoms. The summed E-state index contributed by atoms with van der Waals surface area (Å²) in [7, 11) is -3.16. The van der Waals surface area contributed by atoms with Crippen molar-refractivity contribution in [1.82, 2.24) is 0 Å². The van der Waals surface area contributed by atoms with E-state index >= 15 is 0 Å². The maximum atomic E-state index is 11.9. The van der Waals surface area contributed by atoms with E-state index in [1.54, 1.807) is 0 Å². The molecular formula is C12H20O4S. The molecule has 0 saturated carbocycles. The van der Waals surface area contributed by atoms with Gasteiger partial charge in [-0.05, 0) is 32.1 Å². The molecule has 2 aliphatic rings. The molecule has 0 aromatic rings. The summed E-state index contributed by atoms with van der Waals surface area (Å²) in [4.78, 5) is 11.9. The predicted molar refractivity (Wildman–Crippen MR) is 64.6 cm³/mol. The summed E-state index contributed by atoms with van der Waals surface area (Å²) in [6.07, 6.45) is 5.36. The van der Waals surface area contributed by atoms with E-state index < -0.39 is 15.1 Å². The van der Waals surface area contributed by atoms with Gasteiger partial charge in [0.15, 0.2) is 15.6 Å². The number of ether oxygens (including phenoxy) is 1. The van der Waals surface area contributed by atoms with Gasteiger partial charge in [0, 0.05) is 13.0 Å². The first-order chi connectivity index (χ1) is 8.09. The highest BCUT2D eigenvalue weighted by molar-refractivity contribution is 7.92. The van der Waals surface area contributed by atoms with Crippen LogP contribution in [0.4, 0.5) is 0 Å². The fourth-order valence-corrected chi connectivity index (χ4v) is 4.59. The molecular weight excluding hydrogens is 240 g/mol. The van der Waals surface area contributed by atoms with Crippen molar-refractivity contribution >= 4 is 15.6 Å². The second-order valence-corrected chi connectivity index (χ2v) is 7.29. The van der Waals surface area contributed by atoms with Crippen molar-refractivity contribution in [3.05, 3.63) is 0 Å². The first kappa shape index (κ1) is 13.0. The Balaban J connectivity index is 1.86. The number of carbonyl (C=O) groups is 1. The number of carbonyl (C=O) groups excluding carboxylic acids is 1. The third-order valence-electron chi connectivity index (χ3n) is 3.67. The SMILES string of the molecule is O=C(CCC1CCCO1)C1CCCCS1(=O)=O. The van der Waals surface area contributed by atoms with E-state index in [9.17, 15) is 13.2 Å². The molecule has 0 aliphatic carbocycles. The standard InChI is InChI=1S/C12H20O4S/c13-11(7-6-10-4-3-8-16-10)12-5-1-2-9-17(12,14)15/h10,12H,1-9H2. The Morgan fingerprint density at radius 3 is 2.65 bits per heavy atom. The minimum absolute atomic E-state index is 0.0970. The molecule has 98 valence electrons. The molecule has 4 nitrogen and oxygen atoms in total. The van der Waals surface area contributed by atoms with Crippen LogP contribution in [0.1, 0.15) is 44.9 Å². The summed E-state index contributed by atoms with van der Waals surface area (Å²) in [5, 5.41) is -0.724. The van der Waals surface area contributed by atoms with Crippen molar-refractivity contribution < 1.29 is 17.9 Å². The summed E-state index contributed by atoms with van der Waals surface area (Å²) in [6.45, 7) is 0.778. The molecule has 2 unspecified atom stereocenters. The van der Waals surface area contributed by atoms with Crippen LogP contribution in [0.2, 0.25) is 0 Å². The van der Waals surface area contributed by atoms with Gasteiger partial charge in [-0.3, -0.25) is 4.79 Å². The topological polar surface area (TPSA) is 60.4 Å². The monoisotopic (exact) mass is 260 g/mol. The lowest BCUT2D eigenvalue weighted by molar-refractivity contribution is -0.119. The molecule has 2 atom stereocenters. The van der Waals surface area contributed by atoms with E-state index in [1.807, 2.05) is 0 Å². The second kappa shape index (κ2) is 5.48. The van der Waals surface area contributed by atoms with Gasteiger partial charge in [0.05, 0.1) is 11.9 Å². The average Bonchev–Trinajstić information content (AvgIpc) is 2.78. The molecule has 0 N–H and O–H groups in total. The molecule has 0 spiro atoms. The van der Waals surface area contributed by atoms with Gasteiger partial charge in [0.1, 0.15) is 5.25 Å². The molecule has 0 amide bonds. The molecule has 2 heterocycles. The number of hydrogen-bond donors (Lipinski definition) is 0. The highest BCUT2D eigenvalue weighted by Crippen LogP contribution is 2.23. The van der Waals surface area contributed by atoms with E-state index in [1.165, 1.54) is 0 Å². The normalized spacial score (nSPS) is 32.5. The van der Waals surface area contributed by atoms with Crippen LogP contribution in [0.15, 0.2) is 0 Å². The van der Waals surface area contributed by atoms with Gasteiger partial charge in [-0.15, -0.1) is 0 Å². The number of Topliss-reactive ketones (excluding diaryl/α,β-unsaturated/α-hetero) is 1. The summed E-state index contributed by atoms with van der Waals surface area (Å²) in [5.74, 6) is 0.0868. The Hall–Kier alpha value is -0.420. The van der Waals surface area contributed by atoms with Crippen LogP contribution in [0.25, 0.3) is 0 Å². The molecule has 17 heavy (non-hydrogen) atoms. The largest absolute Gasteiger partial charge is 0.378 e. The van der Waals surface area contributed by atoms with Crippen molar-refractivity contribution in [2.75, 3.05) is 12.4 Å². The fourth-order valence-electron chi connectivity index (χ4n) is 2.65. The van der Waals surface area contributed by atoms with E-state index in [0.29, 0.717) is 25.7 Å². The van der Waals surface area contributed by atoms with Crippen molar-refractivity contribution in [1.29, 1.82) is 0 Å². The van der Waals surface area contributed by atoms with E-state index in [-0.39, 0.29) is 17.6 Å². The third-order valence-corrected chi connectivity index (χ3v) is 5.90. The molecule has 0 radical (unpaired) electrons. The second-order valence-electron chi connectivity index (χ2n) is 4.99. The highest BCUT2D eigenvalue weighted by Gasteiger charge is 2.34. The lowest BCUT2D eigenvalue weighted by Crippen LogP contribution is -2.35. The van der Waals surface area contributed by atoms with Crippen molar-refractivity contribution in [3.63, 3.8) is 0 Å². The Morgan fingerprint density at radius 2 is 2.00 bits per heavy atom. The van der Waals surface area contributed by atoms with E-state index in [2.05, 4.69) is 0 Å². The number of ketones is 1. The minimum atomic E-state index is -3.16. The molecule has 2 saturated heterocycles. The summed E-state index contributed by atoms with van der Waals surface area (Å²) >= 11 is 0. The number of hydrogen-bond acceptors (Lipinski definition) is 4. The molecule has 2 fully saturated rings. The molecule has 2 aliphatic heterocycles. The lowest BCUT2D eigenvalue weighted by Gasteiger charge is -2.21. The summed E-state index contributed by atoms with van der Waals surface area (Å²) in [6, 6.07) is 0. The van der Waals surface area contributed by atoms with Gasteiger partial charge in [0.2, 0.25) is 0 Å².